The number of benzene rings is 2. The summed E-state index contributed by atoms with van der Waals surface area (Å²) in [5.41, 5.74) is 3.89. The molecule has 0 aliphatic carbocycles. The molecule has 0 unspecified atom stereocenters. The highest BCUT2D eigenvalue weighted by Crippen LogP contribution is 2.26. The molecule has 0 spiro atoms. The fraction of sp³-hybridized carbons (Fsp3) is 0.0556. The molecule has 0 bridgehead atoms. The third-order valence-corrected chi connectivity index (χ3v) is 3.71. The van der Waals surface area contributed by atoms with Crippen LogP contribution in [0.4, 0.5) is 0 Å². The van der Waals surface area contributed by atoms with E-state index in [9.17, 15) is 0 Å². The van der Waals surface area contributed by atoms with E-state index in [2.05, 4.69) is 15.1 Å². The molecule has 4 rings (SSSR count). The maximum Gasteiger partial charge on any atom is 0.253 e. The molecular weight excluding hydrogens is 288 g/mol. The molecule has 0 fully saturated rings. The number of ether oxygens (including phenoxy) is 1. The number of rotatable bonds is 3. The predicted octanol–water partition coefficient (Wildman–Crippen LogP) is 3.47. The fourth-order valence-corrected chi connectivity index (χ4v) is 2.54. The van der Waals surface area contributed by atoms with E-state index in [-0.39, 0.29) is 0 Å². The smallest absolute Gasteiger partial charge is 0.253 e. The number of nitrogens with zero attached hydrogens (tertiary/aromatic N) is 4. The first-order valence-corrected chi connectivity index (χ1v) is 7.26. The van der Waals surface area contributed by atoms with E-state index in [4.69, 9.17) is 4.74 Å². The zero-order valence-corrected chi connectivity index (χ0v) is 12.5. The van der Waals surface area contributed by atoms with Crippen LogP contribution in [0.15, 0.2) is 67.0 Å². The second kappa shape index (κ2) is 5.53. The lowest BCUT2D eigenvalue weighted by Gasteiger charge is -2.08. The summed E-state index contributed by atoms with van der Waals surface area (Å²) < 4.78 is 6.97. The maximum absolute atomic E-state index is 5.22. The Hall–Kier alpha value is -3.21. The summed E-state index contributed by atoms with van der Waals surface area (Å²) in [5, 5.41) is 4.28. The van der Waals surface area contributed by atoms with Crippen molar-refractivity contribution in [1.82, 2.24) is 19.6 Å². The van der Waals surface area contributed by atoms with Gasteiger partial charge in [0, 0.05) is 11.1 Å². The van der Waals surface area contributed by atoms with Crippen LogP contribution in [0.25, 0.3) is 28.3 Å². The maximum atomic E-state index is 5.22. The first-order chi connectivity index (χ1) is 11.3. The van der Waals surface area contributed by atoms with Gasteiger partial charge in [-0.3, -0.25) is 0 Å². The third-order valence-electron chi connectivity index (χ3n) is 3.71. The molecule has 5 heteroatoms. The second-order valence-electron chi connectivity index (χ2n) is 5.09. The van der Waals surface area contributed by atoms with Crippen LogP contribution in [-0.2, 0) is 0 Å². The van der Waals surface area contributed by atoms with Crippen LogP contribution in [0, 0.1) is 0 Å². The average molecular weight is 302 g/mol. The predicted molar refractivity (Wildman–Crippen MR) is 88.2 cm³/mol. The molecular formula is C18H14N4O. The Morgan fingerprint density at radius 1 is 0.913 bits per heavy atom. The molecule has 0 saturated heterocycles. The van der Waals surface area contributed by atoms with Crippen molar-refractivity contribution in [3.63, 3.8) is 0 Å². The van der Waals surface area contributed by atoms with E-state index in [1.54, 1.807) is 11.6 Å². The lowest BCUT2D eigenvalue weighted by Crippen LogP contribution is -1.98. The number of hydrogen-bond donors (Lipinski definition) is 0. The Labute approximate surface area is 133 Å². The van der Waals surface area contributed by atoms with E-state index >= 15 is 0 Å². The van der Waals surface area contributed by atoms with E-state index in [1.165, 1.54) is 6.33 Å². The van der Waals surface area contributed by atoms with E-state index in [1.807, 2.05) is 60.7 Å². The zero-order valence-electron chi connectivity index (χ0n) is 12.5. The van der Waals surface area contributed by atoms with Gasteiger partial charge in [-0.15, -0.1) is 0 Å². The minimum Gasteiger partial charge on any atom is -0.497 e. The Morgan fingerprint density at radius 2 is 1.70 bits per heavy atom. The lowest BCUT2D eigenvalue weighted by atomic mass is 10.1. The van der Waals surface area contributed by atoms with Crippen molar-refractivity contribution in [2.75, 3.05) is 7.11 Å². The van der Waals surface area contributed by atoms with Crippen molar-refractivity contribution in [2.45, 2.75) is 0 Å². The second-order valence-corrected chi connectivity index (χ2v) is 5.09. The number of aromatic nitrogens is 4. The molecule has 23 heavy (non-hydrogen) atoms. The van der Waals surface area contributed by atoms with Crippen molar-refractivity contribution in [3.8, 4) is 28.3 Å². The van der Waals surface area contributed by atoms with Crippen LogP contribution in [-0.4, -0.2) is 26.7 Å². The van der Waals surface area contributed by atoms with Gasteiger partial charge in [0.25, 0.3) is 5.78 Å². The Balaban J connectivity index is 1.92. The molecule has 112 valence electrons. The first-order valence-electron chi connectivity index (χ1n) is 7.26. The summed E-state index contributed by atoms with van der Waals surface area (Å²) in [5.74, 6) is 1.40. The number of hydrogen-bond acceptors (Lipinski definition) is 4. The number of methoxy groups -OCH3 is 1. The molecule has 4 aromatic rings. The van der Waals surface area contributed by atoms with E-state index < -0.39 is 0 Å². The molecule has 2 aromatic carbocycles. The summed E-state index contributed by atoms with van der Waals surface area (Å²) in [4.78, 5) is 8.83. The fourth-order valence-electron chi connectivity index (χ4n) is 2.54. The van der Waals surface area contributed by atoms with Gasteiger partial charge in [0.15, 0.2) is 0 Å². The Morgan fingerprint density at radius 3 is 2.43 bits per heavy atom. The standard InChI is InChI=1S/C18H14N4O/c1-23-15-9-7-14(8-10-15)17-11-16(13-5-3-2-4-6-13)21-18-19-12-20-22(17)18/h2-12H,1H3. The van der Waals surface area contributed by atoms with Crippen molar-refractivity contribution in [1.29, 1.82) is 0 Å². The molecule has 0 saturated carbocycles. The molecule has 0 radical (unpaired) electrons. The number of fused-ring (bicyclic) bond motifs is 1. The van der Waals surface area contributed by atoms with Crippen LogP contribution in [0.5, 0.6) is 5.75 Å². The quantitative estimate of drug-likeness (QED) is 0.581. The normalized spacial score (nSPS) is 10.8. The van der Waals surface area contributed by atoms with Gasteiger partial charge in [-0.25, -0.2) is 4.98 Å². The largest absolute Gasteiger partial charge is 0.497 e. The van der Waals surface area contributed by atoms with Gasteiger partial charge in [0.05, 0.1) is 18.5 Å². The summed E-state index contributed by atoms with van der Waals surface area (Å²) in [6.45, 7) is 0. The van der Waals surface area contributed by atoms with E-state index in [0.29, 0.717) is 5.78 Å². The Kier molecular flexibility index (Phi) is 3.24. The molecule has 0 atom stereocenters. The van der Waals surface area contributed by atoms with Crippen molar-refractivity contribution in [2.24, 2.45) is 0 Å². The molecule has 2 heterocycles. The average Bonchev–Trinajstić information content (AvgIpc) is 3.10. The van der Waals surface area contributed by atoms with Crippen LogP contribution in [0.2, 0.25) is 0 Å². The van der Waals surface area contributed by atoms with Gasteiger partial charge in [0.2, 0.25) is 0 Å². The molecule has 5 nitrogen and oxygen atoms in total. The SMILES string of the molecule is COc1ccc(-c2cc(-c3ccccc3)nc3ncnn23)cc1. The van der Waals surface area contributed by atoms with Gasteiger partial charge < -0.3 is 4.74 Å². The van der Waals surface area contributed by atoms with Crippen molar-refractivity contribution >= 4 is 5.78 Å². The zero-order chi connectivity index (χ0) is 15.6. The molecule has 0 aliphatic heterocycles. The molecule has 0 N–H and O–H groups in total. The first kappa shape index (κ1) is 13.5. The van der Waals surface area contributed by atoms with Crippen LogP contribution in [0.3, 0.4) is 0 Å². The van der Waals surface area contributed by atoms with Gasteiger partial charge in [-0.1, -0.05) is 30.3 Å². The molecule has 2 aromatic heterocycles. The van der Waals surface area contributed by atoms with Gasteiger partial charge in [-0.05, 0) is 30.3 Å². The van der Waals surface area contributed by atoms with Gasteiger partial charge in [0.1, 0.15) is 12.1 Å². The lowest BCUT2D eigenvalue weighted by molar-refractivity contribution is 0.415. The van der Waals surface area contributed by atoms with Crippen molar-refractivity contribution in [3.05, 3.63) is 67.0 Å². The monoisotopic (exact) mass is 302 g/mol. The summed E-state index contributed by atoms with van der Waals surface area (Å²) >= 11 is 0. The topological polar surface area (TPSA) is 52.3 Å². The van der Waals surface area contributed by atoms with Crippen molar-refractivity contribution < 1.29 is 4.74 Å². The highest BCUT2D eigenvalue weighted by molar-refractivity contribution is 5.70. The summed E-state index contributed by atoms with van der Waals surface area (Å²) in [6.07, 6.45) is 1.52. The highest BCUT2D eigenvalue weighted by atomic mass is 16.5. The van der Waals surface area contributed by atoms with Crippen LogP contribution in [0.1, 0.15) is 0 Å². The third kappa shape index (κ3) is 2.42. The minimum atomic E-state index is 0.581. The Bertz CT molecular complexity index is 946. The highest BCUT2D eigenvalue weighted by Gasteiger charge is 2.11. The van der Waals surface area contributed by atoms with Gasteiger partial charge >= 0.3 is 0 Å². The van der Waals surface area contributed by atoms with Crippen LogP contribution < -0.4 is 4.74 Å². The molecule has 0 amide bonds. The van der Waals surface area contributed by atoms with Gasteiger partial charge in [-0.2, -0.15) is 14.6 Å². The van der Waals surface area contributed by atoms with E-state index in [0.717, 1.165) is 28.3 Å². The summed E-state index contributed by atoms with van der Waals surface area (Å²) in [6, 6.07) is 20.0. The minimum absolute atomic E-state index is 0.581. The molecule has 0 aliphatic rings. The summed E-state index contributed by atoms with van der Waals surface area (Å²) in [7, 11) is 1.66. The van der Waals surface area contributed by atoms with Crippen LogP contribution >= 0.6 is 0 Å².